The molecule has 0 aliphatic carbocycles. The maximum Gasteiger partial charge on any atom is 0.218 e. The molecule has 0 aliphatic rings. The highest BCUT2D eigenvalue weighted by Crippen LogP contribution is 2.27. The van der Waals surface area contributed by atoms with Gasteiger partial charge < -0.3 is 9.15 Å². The number of aryl methyl sites for hydroxylation is 1. The smallest absolute Gasteiger partial charge is 0.218 e. The Morgan fingerprint density at radius 1 is 1.40 bits per heavy atom. The van der Waals surface area contributed by atoms with Crippen LogP contribution in [0.4, 0.5) is 0 Å². The molecule has 0 aliphatic heterocycles. The zero-order valence-electron chi connectivity index (χ0n) is 11.3. The largest absolute Gasteiger partial charge is 0.493 e. The van der Waals surface area contributed by atoms with Crippen LogP contribution < -0.4 is 4.74 Å². The summed E-state index contributed by atoms with van der Waals surface area (Å²) in [5, 5.41) is 4.95. The number of furan rings is 1. The zero-order valence-corrected chi connectivity index (χ0v) is 11.3. The topological polar surface area (TPSA) is 57.3 Å². The van der Waals surface area contributed by atoms with Crippen LogP contribution in [0, 0.1) is 0 Å². The average molecular weight is 270 g/mol. The second-order valence-corrected chi connectivity index (χ2v) is 4.35. The van der Waals surface area contributed by atoms with E-state index in [9.17, 15) is 4.79 Å². The number of para-hydroxylation sites is 1. The lowest BCUT2D eigenvalue weighted by atomic mass is 10.1. The van der Waals surface area contributed by atoms with Crippen molar-refractivity contribution >= 4 is 16.8 Å². The lowest BCUT2D eigenvalue weighted by Gasteiger charge is -2.05. The van der Waals surface area contributed by atoms with Crippen molar-refractivity contribution in [2.24, 2.45) is 0 Å². The minimum atomic E-state index is -0.147. The van der Waals surface area contributed by atoms with Gasteiger partial charge in [-0.1, -0.05) is 18.2 Å². The predicted octanol–water partition coefficient (Wildman–Crippen LogP) is 2.89. The molecule has 2 heterocycles. The van der Waals surface area contributed by atoms with Crippen LogP contribution >= 0.6 is 0 Å². The van der Waals surface area contributed by atoms with Crippen LogP contribution in [0.3, 0.4) is 0 Å². The third kappa shape index (κ3) is 1.79. The van der Waals surface area contributed by atoms with E-state index in [0.29, 0.717) is 29.1 Å². The fourth-order valence-electron chi connectivity index (χ4n) is 2.27. The van der Waals surface area contributed by atoms with Gasteiger partial charge in [-0.2, -0.15) is 5.10 Å². The van der Waals surface area contributed by atoms with Gasteiger partial charge in [0.05, 0.1) is 18.9 Å². The van der Waals surface area contributed by atoms with Gasteiger partial charge >= 0.3 is 0 Å². The molecule has 0 saturated heterocycles. The molecule has 1 aromatic carbocycles. The summed E-state index contributed by atoms with van der Waals surface area (Å²) in [5.74, 6) is 0.327. The Hall–Kier alpha value is -2.56. The van der Waals surface area contributed by atoms with Crippen LogP contribution in [-0.2, 0) is 6.54 Å². The molecule has 0 N–H and O–H groups in total. The van der Waals surface area contributed by atoms with E-state index in [-0.39, 0.29) is 5.78 Å². The van der Waals surface area contributed by atoms with Crippen molar-refractivity contribution in [2.45, 2.75) is 13.5 Å². The first-order chi connectivity index (χ1) is 9.76. The molecule has 0 bridgehead atoms. The van der Waals surface area contributed by atoms with Crippen LogP contribution in [0.2, 0.25) is 0 Å². The molecule has 3 aromatic rings. The summed E-state index contributed by atoms with van der Waals surface area (Å²) in [4.78, 5) is 12.7. The van der Waals surface area contributed by atoms with E-state index in [0.717, 1.165) is 5.39 Å². The summed E-state index contributed by atoms with van der Waals surface area (Å²) in [7, 11) is 1.53. The van der Waals surface area contributed by atoms with Crippen LogP contribution in [0.15, 0.2) is 41.1 Å². The molecule has 20 heavy (non-hydrogen) atoms. The zero-order chi connectivity index (χ0) is 14.1. The molecule has 0 saturated carbocycles. The Kier molecular flexibility index (Phi) is 3.02. The number of benzene rings is 1. The lowest BCUT2D eigenvalue weighted by molar-refractivity contribution is 0.102. The highest BCUT2D eigenvalue weighted by molar-refractivity contribution is 6.16. The van der Waals surface area contributed by atoms with E-state index in [1.165, 1.54) is 13.4 Å². The number of ether oxygens (including phenoxy) is 1. The van der Waals surface area contributed by atoms with Crippen molar-refractivity contribution in [3.05, 3.63) is 48.0 Å². The molecule has 102 valence electrons. The SMILES string of the molecule is CCn1ncc(OC)c1C(=O)c1coc2ccccc12. The molecular formula is C15H14N2O3. The van der Waals surface area contributed by atoms with Gasteiger partial charge in [0.2, 0.25) is 5.78 Å². The van der Waals surface area contributed by atoms with Gasteiger partial charge in [0.25, 0.3) is 0 Å². The maximum absolute atomic E-state index is 12.7. The molecule has 0 unspecified atom stereocenters. The molecule has 0 fully saturated rings. The summed E-state index contributed by atoms with van der Waals surface area (Å²) < 4.78 is 12.3. The molecule has 2 aromatic heterocycles. The number of hydrogen-bond donors (Lipinski definition) is 0. The van der Waals surface area contributed by atoms with Gasteiger partial charge in [-0.05, 0) is 13.0 Å². The number of carbonyl (C=O) groups is 1. The summed E-state index contributed by atoms with van der Waals surface area (Å²) in [6.07, 6.45) is 3.04. The first kappa shape index (κ1) is 12.5. The Labute approximate surface area is 115 Å². The Balaban J connectivity index is 2.15. The number of carbonyl (C=O) groups excluding carboxylic acids is 1. The molecule has 0 spiro atoms. The summed E-state index contributed by atoms with van der Waals surface area (Å²) >= 11 is 0. The molecule has 0 amide bonds. The van der Waals surface area contributed by atoms with E-state index in [4.69, 9.17) is 9.15 Å². The van der Waals surface area contributed by atoms with Crippen LogP contribution in [0.25, 0.3) is 11.0 Å². The molecule has 5 nitrogen and oxygen atoms in total. The highest BCUT2D eigenvalue weighted by Gasteiger charge is 2.23. The number of methoxy groups -OCH3 is 1. The van der Waals surface area contributed by atoms with Crippen LogP contribution in [0.5, 0.6) is 5.75 Å². The molecule has 3 rings (SSSR count). The lowest BCUT2D eigenvalue weighted by Crippen LogP contribution is -2.11. The molecule has 0 radical (unpaired) electrons. The van der Waals surface area contributed by atoms with E-state index in [1.54, 1.807) is 10.9 Å². The number of aromatic nitrogens is 2. The van der Waals surface area contributed by atoms with Crippen molar-refractivity contribution in [1.29, 1.82) is 0 Å². The minimum absolute atomic E-state index is 0.147. The normalized spacial score (nSPS) is 10.9. The Morgan fingerprint density at radius 3 is 2.95 bits per heavy atom. The third-order valence-corrected chi connectivity index (χ3v) is 3.27. The van der Waals surface area contributed by atoms with Crippen LogP contribution in [0.1, 0.15) is 23.0 Å². The fraction of sp³-hybridized carbons (Fsp3) is 0.200. The Bertz CT molecular complexity index is 749. The van der Waals surface area contributed by atoms with Crippen LogP contribution in [-0.4, -0.2) is 22.7 Å². The minimum Gasteiger partial charge on any atom is -0.493 e. The fourth-order valence-corrected chi connectivity index (χ4v) is 2.27. The van der Waals surface area contributed by atoms with Gasteiger partial charge in [-0.3, -0.25) is 9.48 Å². The van der Waals surface area contributed by atoms with Crippen molar-refractivity contribution in [3.8, 4) is 5.75 Å². The van der Waals surface area contributed by atoms with Gasteiger partial charge in [0.1, 0.15) is 11.8 Å². The first-order valence-electron chi connectivity index (χ1n) is 6.37. The summed E-state index contributed by atoms with van der Waals surface area (Å²) in [5.41, 5.74) is 1.66. The number of rotatable bonds is 4. The van der Waals surface area contributed by atoms with Crippen molar-refractivity contribution < 1.29 is 13.9 Å². The maximum atomic E-state index is 12.7. The summed E-state index contributed by atoms with van der Waals surface area (Å²) in [6.45, 7) is 2.52. The molecular weight excluding hydrogens is 256 g/mol. The van der Waals surface area contributed by atoms with E-state index >= 15 is 0 Å². The standard InChI is InChI=1S/C15H14N2O3/c1-3-17-14(13(19-2)8-16-17)15(18)11-9-20-12-7-5-4-6-10(11)12/h4-9H,3H2,1-2H3. The number of nitrogens with zero attached hydrogens (tertiary/aromatic N) is 2. The van der Waals surface area contributed by atoms with E-state index in [1.807, 2.05) is 31.2 Å². The number of ketones is 1. The predicted molar refractivity (Wildman–Crippen MR) is 74.1 cm³/mol. The van der Waals surface area contributed by atoms with Gasteiger partial charge in [-0.15, -0.1) is 0 Å². The van der Waals surface area contributed by atoms with Crippen molar-refractivity contribution in [1.82, 2.24) is 9.78 Å². The van der Waals surface area contributed by atoms with Gasteiger partial charge in [0.15, 0.2) is 11.4 Å². The molecule has 5 heteroatoms. The van der Waals surface area contributed by atoms with Crippen molar-refractivity contribution in [3.63, 3.8) is 0 Å². The molecule has 0 atom stereocenters. The number of fused-ring (bicyclic) bond motifs is 1. The van der Waals surface area contributed by atoms with Crippen molar-refractivity contribution in [2.75, 3.05) is 7.11 Å². The second-order valence-electron chi connectivity index (χ2n) is 4.35. The quantitative estimate of drug-likeness (QED) is 0.684. The average Bonchev–Trinajstić information content (AvgIpc) is 3.10. The van der Waals surface area contributed by atoms with E-state index < -0.39 is 0 Å². The first-order valence-corrected chi connectivity index (χ1v) is 6.37. The highest BCUT2D eigenvalue weighted by atomic mass is 16.5. The third-order valence-electron chi connectivity index (χ3n) is 3.27. The van der Waals surface area contributed by atoms with Gasteiger partial charge in [0, 0.05) is 11.9 Å². The monoisotopic (exact) mass is 270 g/mol. The second kappa shape index (κ2) is 4.85. The number of hydrogen-bond acceptors (Lipinski definition) is 4. The summed E-state index contributed by atoms with van der Waals surface area (Å²) in [6, 6.07) is 7.45. The van der Waals surface area contributed by atoms with E-state index in [2.05, 4.69) is 5.10 Å². The van der Waals surface area contributed by atoms with Gasteiger partial charge in [-0.25, -0.2) is 0 Å². The Morgan fingerprint density at radius 2 is 2.20 bits per heavy atom.